The summed E-state index contributed by atoms with van der Waals surface area (Å²) < 4.78 is 5.75. The molecule has 1 atom stereocenters. The van der Waals surface area contributed by atoms with Crippen LogP contribution in [0.25, 0.3) is 0 Å². The summed E-state index contributed by atoms with van der Waals surface area (Å²) in [7, 11) is 0. The number of carbonyl (C=O) groups is 1. The molecule has 2 saturated heterocycles. The van der Waals surface area contributed by atoms with Gasteiger partial charge in [0.15, 0.2) is 0 Å². The minimum absolute atomic E-state index is 0.108. The Balaban J connectivity index is 1.35. The quantitative estimate of drug-likeness (QED) is 0.763. The molecular formula is C20H27N7O2. The Morgan fingerprint density at radius 2 is 2.03 bits per heavy atom. The molecule has 154 valence electrons. The van der Waals surface area contributed by atoms with E-state index in [1.54, 1.807) is 0 Å². The van der Waals surface area contributed by atoms with Crippen molar-refractivity contribution in [3.05, 3.63) is 30.6 Å². The lowest BCUT2D eigenvalue weighted by molar-refractivity contribution is -0.114. The third-order valence-electron chi connectivity index (χ3n) is 5.14. The number of piperazine rings is 1. The number of carbonyl (C=O) groups excluding carboxylic acids is 1. The highest BCUT2D eigenvalue weighted by atomic mass is 16.5. The first kappa shape index (κ1) is 19.5. The molecule has 0 aliphatic carbocycles. The molecule has 3 heterocycles. The molecule has 0 radical (unpaired) electrons. The van der Waals surface area contributed by atoms with Crippen molar-refractivity contribution in [1.82, 2.24) is 19.9 Å². The summed E-state index contributed by atoms with van der Waals surface area (Å²) in [5, 5.41) is 5.96. The fourth-order valence-electron chi connectivity index (χ4n) is 3.71. The Morgan fingerprint density at radius 3 is 2.79 bits per heavy atom. The maximum absolute atomic E-state index is 11.2. The van der Waals surface area contributed by atoms with E-state index in [0.717, 1.165) is 50.7 Å². The van der Waals surface area contributed by atoms with Gasteiger partial charge in [-0.3, -0.25) is 9.69 Å². The van der Waals surface area contributed by atoms with Crippen LogP contribution in [0, 0.1) is 0 Å². The second-order valence-electron chi connectivity index (χ2n) is 7.42. The molecule has 1 aromatic heterocycles. The highest BCUT2D eigenvalue weighted by Crippen LogP contribution is 2.20. The highest BCUT2D eigenvalue weighted by Gasteiger charge is 2.24. The van der Waals surface area contributed by atoms with Crippen molar-refractivity contribution in [3.63, 3.8) is 0 Å². The fourth-order valence-corrected chi connectivity index (χ4v) is 3.71. The molecular weight excluding hydrogens is 370 g/mol. The lowest BCUT2D eigenvalue weighted by Gasteiger charge is -2.35. The first-order valence-electron chi connectivity index (χ1n) is 10.1. The number of nitrogens with zero attached hydrogens (tertiary/aromatic N) is 5. The van der Waals surface area contributed by atoms with Crippen LogP contribution in [0.15, 0.2) is 30.6 Å². The minimum Gasteiger partial charge on any atom is -0.377 e. The molecule has 1 aromatic carbocycles. The van der Waals surface area contributed by atoms with Crippen LogP contribution in [0.3, 0.4) is 0 Å². The Kier molecular flexibility index (Phi) is 6.16. The second-order valence-corrected chi connectivity index (χ2v) is 7.42. The van der Waals surface area contributed by atoms with E-state index < -0.39 is 0 Å². The van der Waals surface area contributed by atoms with Gasteiger partial charge in [-0.25, -0.2) is 9.97 Å². The Morgan fingerprint density at radius 1 is 1.21 bits per heavy atom. The Hall–Kier alpha value is -2.78. The Bertz CT molecular complexity index is 833. The number of hydrogen-bond donors (Lipinski definition) is 2. The van der Waals surface area contributed by atoms with E-state index in [0.29, 0.717) is 18.0 Å². The van der Waals surface area contributed by atoms with E-state index in [-0.39, 0.29) is 5.91 Å². The largest absolute Gasteiger partial charge is 0.377 e. The van der Waals surface area contributed by atoms with Crippen molar-refractivity contribution in [2.24, 2.45) is 0 Å². The van der Waals surface area contributed by atoms with Crippen LogP contribution in [0.5, 0.6) is 0 Å². The van der Waals surface area contributed by atoms with Crippen LogP contribution in [-0.4, -0.2) is 71.2 Å². The van der Waals surface area contributed by atoms with Gasteiger partial charge in [0.05, 0.1) is 6.10 Å². The summed E-state index contributed by atoms with van der Waals surface area (Å²) in [6.07, 6.45) is 4.27. The maximum atomic E-state index is 11.2. The van der Waals surface area contributed by atoms with Crippen LogP contribution >= 0.6 is 0 Å². The fraction of sp³-hybridized carbons (Fsp3) is 0.500. The van der Waals surface area contributed by atoms with Crippen LogP contribution < -0.4 is 15.5 Å². The number of amides is 1. The van der Waals surface area contributed by atoms with Crippen LogP contribution in [0.2, 0.25) is 0 Å². The van der Waals surface area contributed by atoms with Gasteiger partial charge in [-0.15, -0.1) is 0 Å². The number of ether oxygens (including phenoxy) is 1. The molecule has 0 saturated carbocycles. The van der Waals surface area contributed by atoms with Crippen molar-refractivity contribution >= 4 is 29.2 Å². The molecule has 2 aromatic rings. The van der Waals surface area contributed by atoms with Gasteiger partial charge in [0, 0.05) is 57.6 Å². The standard InChI is InChI=1S/C20H27N7O2/c1-15(28)23-16-4-2-5-17(12-16)24-19-21-14-22-20(25-19)27-9-7-26(8-10-27)13-18-6-3-11-29-18/h2,4-5,12,14,18H,3,6-11,13H2,1H3,(H,23,28)(H,21,22,24,25). The molecule has 2 N–H and O–H groups in total. The summed E-state index contributed by atoms with van der Waals surface area (Å²) in [4.78, 5) is 29.0. The van der Waals surface area contributed by atoms with Crippen molar-refractivity contribution in [1.29, 1.82) is 0 Å². The molecule has 0 bridgehead atoms. The smallest absolute Gasteiger partial charge is 0.231 e. The van der Waals surface area contributed by atoms with E-state index >= 15 is 0 Å². The average Bonchev–Trinajstić information content (AvgIpc) is 3.22. The van der Waals surface area contributed by atoms with Gasteiger partial charge in [-0.05, 0) is 31.0 Å². The number of benzene rings is 1. The van der Waals surface area contributed by atoms with E-state index in [9.17, 15) is 4.79 Å². The predicted octanol–water partition coefficient (Wildman–Crippen LogP) is 1.87. The topological polar surface area (TPSA) is 95.5 Å². The van der Waals surface area contributed by atoms with Crippen molar-refractivity contribution in [3.8, 4) is 0 Å². The van der Waals surface area contributed by atoms with Gasteiger partial charge in [0.2, 0.25) is 17.8 Å². The molecule has 1 unspecified atom stereocenters. The van der Waals surface area contributed by atoms with Crippen LogP contribution in [0.4, 0.5) is 23.3 Å². The molecule has 29 heavy (non-hydrogen) atoms. The minimum atomic E-state index is -0.108. The maximum Gasteiger partial charge on any atom is 0.231 e. The summed E-state index contributed by atoms with van der Waals surface area (Å²) in [5.74, 6) is 1.05. The van der Waals surface area contributed by atoms with Crippen molar-refractivity contribution in [2.45, 2.75) is 25.9 Å². The van der Waals surface area contributed by atoms with Crippen LogP contribution in [0.1, 0.15) is 19.8 Å². The van der Waals surface area contributed by atoms with E-state index in [1.165, 1.54) is 26.1 Å². The molecule has 4 rings (SSSR count). The monoisotopic (exact) mass is 397 g/mol. The van der Waals surface area contributed by atoms with Gasteiger partial charge in [0.25, 0.3) is 0 Å². The zero-order valence-corrected chi connectivity index (χ0v) is 16.7. The summed E-state index contributed by atoms with van der Waals surface area (Å²) >= 11 is 0. The van der Waals surface area contributed by atoms with Gasteiger partial charge >= 0.3 is 0 Å². The van der Waals surface area contributed by atoms with Gasteiger partial charge in [0.1, 0.15) is 6.33 Å². The molecule has 2 aliphatic rings. The number of anilines is 4. The van der Waals surface area contributed by atoms with Crippen LogP contribution in [-0.2, 0) is 9.53 Å². The third-order valence-corrected chi connectivity index (χ3v) is 5.14. The van der Waals surface area contributed by atoms with E-state index in [1.807, 2.05) is 24.3 Å². The lowest BCUT2D eigenvalue weighted by Crippen LogP contribution is -2.49. The predicted molar refractivity (Wildman–Crippen MR) is 111 cm³/mol. The Labute approximate surface area is 170 Å². The highest BCUT2D eigenvalue weighted by molar-refractivity contribution is 5.89. The first-order valence-corrected chi connectivity index (χ1v) is 10.1. The van der Waals surface area contributed by atoms with E-state index in [4.69, 9.17) is 4.74 Å². The number of nitrogens with one attached hydrogen (secondary N) is 2. The summed E-state index contributed by atoms with van der Waals surface area (Å²) in [6.45, 7) is 7.13. The molecule has 2 aliphatic heterocycles. The van der Waals surface area contributed by atoms with Gasteiger partial charge in [-0.1, -0.05) is 6.07 Å². The van der Waals surface area contributed by atoms with Crippen molar-refractivity contribution < 1.29 is 9.53 Å². The number of aromatic nitrogens is 3. The average molecular weight is 397 g/mol. The molecule has 9 nitrogen and oxygen atoms in total. The summed E-state index contributed by atoms with van der Waals surface area (Å²) in [6, 6.07) is 7.44. The number of hydrogen-bond acceptors (Lipinski definition) is 8. The van der Waals surface area contributed by atoms with Crippen molar-refractivity contribution in [2.75, 3.05) is 54.9 Å². The zero-order valence-electron chi connectivity index (χ0n) is 16.7. The summed E-state index contributed by atoms with van der Waals surface area (Å²) in [5.41, 5.74) is 1.52. The zero-order chi connectivity index (χ0) is 20.1. The second kappa shape index (κ2) is 9.15. The SMILES string of the molecule is CC(=O)Nc1cccc(Nc2ncnc(N3CCN(CC4CCCO4)CC3)n2)c1. The lowest BCUT2D eigenvalue weighted by atomic mass is 10.2. The number of rotatable bonds is 6. The third kappa shape index (κ3) is 5.39. The molecule has 0 spiro atoms. The first-order chi connectivity index (χ1) is 14.2. The molecule has 1 amide bonds. The van der Waals surface area contributed by atoms with E-state index in [2.05, 4.69) is 35.4 Å². The normalized spacial score (nSPS) is 19.9. The molecule has 2 fully saturated rings. The van der Waals surface area contributed by atoms with Gasteiger partial charge in [-0.2, -0.15) is 4.98 Å². The van der Waals surface area contributed by atoms with Gasteiger partial charge < -0.3 is 20.3 Å². The molecule has 9 heteroatoms.